The second-order valence-corrected chi connectivity index (χ2v) is 3.15. The van der Waals surface area contributed by atoms with Crippen LogP contribution in [0.2, 0.25) is 0 Å². The summed E-state index contributed by atoms with van der Waals surface area (Å²) in [4.78, 5) is 4.14. The van der Waals surface area contributed by atoms with Gasteiger partial charge in [-0.05, 0) is 36.1 Å². The van der Waals surface area contributed by atoms with Crippen molar-refractivity contribution in [2.75, 3.05) is 0 Å². The van der Waals surface area contributed by atoms with E-state index in [1.165, 1.54) is 17.5 Å². The molecule has 0 unspecified atom stereocenters. The number of hydrogen-bond donors (Lipinski definition) is 0. The lowest BCUT2D eigenvalue weighted by molar-refractivity contribution is 0.601. The zero-order chi connectivity index (χ0) is 9.26. The molecule has 0 aliphatic carbocycles. The first-order valence-corrected chi connectivity index (χ1v) is 4.70. The lowest BCUT2D eigenvalue weighted by Gasteiger charge is -2.03. The highest BCUT2D eigenvalue weighted by Crippen LogP contribution is 2.19. The van der Waals surface area contributed by atoms with Gasteiger partial charge in [-0.1, -0.05) is 13.8 Å². The molecule has 2 heteroatoms. The molecule has 1 aromatic carbocycles. The molecule has 0 amide bonds. The van der Waals surface area contributed by atoms with E-state index in [2.05, 4.69) is 31.0 Å². The van der Waals surface area contributed by atoms with Crippen LogP contribution >= 0.6 is 0 Å². The van der Waals surface area contributed by atoms with Crippen LogP contribution in [0.3, 0.4) is 0 Å². The molecule has 0 saturated carbocycles. The number of aryl methyl sites for hydroxylation is 2. The Morgan fingerprint density at radius 3 is 2.54 bits per heavy atom. The first-order chi connectivity index (χ1) is 6.35. The van der Waals surface area contributed by atoms with Gasteiger partial charge in [-0.2, -0.15) is 0 Å². The molecule has 68 valence electrons. The van der Waals surface area contributed by atoms with Crippen molar-refractivity contribution < 1.29 is 4.42 Å². The Balaban J connectivity index is 2.67. The van der Waals surface area contributed by atoms with E-state index >= 15 is 0 Å². The summed E-state index contributed by atoms with van der Waals surface area (Å²) in [5.41, 5.74) is 4.61. The molecular formula is C11H13NO. The minimum Gasteiger partial charge on any atom is -0.443 e. The Morgan fingerprint density at radius 2 is 1.85 bits per heavy atom. The summed E-state index contributed by atoms with van der Waals surface area (Å²) in [5.74, 6) is 0. The maximum absolute atomic E-state index is 5.25. The zero-order valence-corrected chi connectivity index (χ0v) is 8.00. The van der Waals surface area contributed by atoms with E-state index in [1.54, 1.807) is 0 Å². The summed E-state index contributed by atoms with van der Waals surface area (Å²) in [7, 11) is 0. The molecule has 0 atom stereocenters. The number of aromatic nitrogens is 1. The Bertz CT molecular complexity index is 379. The van der Waals surface area contributed by atoms with E-state index in [0.717, 1.165) is 23.9 Å². The summed E-state index contributed by atoms with van der Waals surface area (Å²) in [6, 6.07) is 4.22. The van der Waals surface area contributed by atoms with Gasteiger partial charge in [0.1, 0.15) is 5.52 Å². The first kappa shape index (κ1) is 8.30. The second kappa shape index (κ2) is 3.21. The van der Waals surface area contributed by atoms with Crippen LogP contribution in [0.25, 0.3) is 11.1 Å². The Hall–Kier alpha value is -1.31. The lowest BCUT2D eigenvalue weighted by atomic mass is 10.0. The number of rotatable bonds is 2. The second-order valence-electron chi connectivity index (χ2n) is 3.15. The fourth-order valence-corrected chi connectivity index (χ4v) is 1.65. The lowest BCUT2D eigenvalue weighted by Crippen LogP contribution is -1.90. The molecule has 2 nitrogen and oxygen atoms in total. The molecule has 0 saturated heterocycles. The highest BCUT2D eigenvalue weighted by molar-refractivity contribution is 5.74. The number of oxazole rings is 1. The summed E-state index contributed by atoms with van der Waals surface area (Å²) < 4.78 is 5.25. The van der Waals surface area contributed by atoms with Gasteiger partial charge in [0, 0.05) is 0 Å². The topological polar surface area (TPSA) is 26.0 Å². The number of nitrogens with zero attached hydrogens (tertiary/aromatic N) is 1. The Morgan fingerprint density at radius 1 is 1.15 bits per heavy atom. The quantitative estimate of drug-likeness (QED) is 0.701. The SMILES string of the molecule is CCc1cc2ncoc2cc1CC. The van der Waals surface area contributed by atoms with E-state index in [4.69, 9.17) is 4.42 Å². The summed E-state index contributed by atoms with van der Waals surface area (Å²) >= 11 is 0. The van der Waals surface area contributed by atoms with Gasteiger partial charge in [-0.3, -0.25) is 0 Å². The monoisotopic (exact) mass is 175 g/mol. The third-order valence-electron chi connectivity index (χ3n) is 2.41. The molecular weight excluding hydrogens is 162 g/mol. The zero-order valence-electron chi connectivity index (χ0n) is 8.00. The minimum atomic E-state index is 0.897. The number of fused-ring (bicyclic) bond motifs is 1. The largest absolute Gasteiger partial charge is 0.443 e. The molecule has 0 fully saturated rings. The van der Waals surface area contributed by atoms with Crippen molar-refractivity contribution in [1.29, 1.82) is 0 Å². The predicted molar refractivity (Wildman–Crippen MR) is 52.8 cm³/mol. The van der Waals surface area contributed by atoms with E-state index < -0.39 is 0 Å². The van der Waals surface area contributed by atoms with Crippen LogP contribution in [0.5, 0.6) is 0 Å². The van der Waals surface area contributed by atoms with Gasteiger partial charge in [0.15, 0.2) is 12.0 Å². The van der Waals surface area contributed by atoms with Crippen molar-refractivity contribution in [3.05, 3.63) is 29.7 Å². The van der Waals surface area contributed by atoms with E-state index in [-0.39, 0.29) is 0 Å². The molecule has 0 N–H and O–H groups in total. The van der Waals surface area contributed by atoms with Crippen molar-refractivity contribution in [3.63, 3.8) is 0 Å². The average molecular weight is 175 g/mol. The highest BCUT2D eigenvalue weighted by atomic mass is 16.3. The van der Waals surface area contributed by atoms with E-state index in [1.807, 2.05) is 0 Å². The Kier molecular flexibility index (Phi) is 2.05. The molecule has 0 radical (unpaired) electrons. The normalized spacial score (nSPS) is 10.9. The van der Waals surface area contributed by atoms with Gasteiger partial charge in [0.05, 0.1) is 0 Å². The van der Waals surface area contributed by atoms with Crippen LogP contribution < -0.4 is 0 Å². The van der Waals surface area contributed by atoms with Gasteiger partial charge in [0.25, 0.3) is 0 Å². The van der Waals surface area contributed by atoms with Gasteiger partial charge >= 0.3 is 0 Å². The molecule has 0 bridgehead atoms. The maximum Gasteiger partial charge on any atom is 0.181 e. The molecule has 0 aliphatic heterocycles. The Labute approximate surface area is 77.6 Å². The van der Waals surface area contributed by atoms with Gasteiger partial charge < -0.3 is 4.42 Å². The number of hydrogen-bond acceptors (Lipinski definition) is 2. The fourth-order valence-electron chi connectivity index (χ4n) is 1.65. The van der Waals surface area contributed by atoms with Crippen molar-refractivity contribution in [3.8, 4) is 0 Å². The predicted octanol–water partition coefficient (Wildman–Crippen LogP) is 2.95. The first-order valence-electron chi connectivity index (χ1n) is 4.70. The van der Waals surface area contributed by atoms with Crippen molar-refractivity contribution >= 4 is 11.1 Å². The highest BCUT2D eigenvalue weighted by Gasteiger charge is 2.04. The van der Waals surface area contributed by atoms with Crippen LogP contribution in [0.1, 0.15) is 25.0 Å². The van der Waals surface area contributed by atoms with Crippen LogP contribution in [-0.4, -0.2) is 4.98 Å². The van der Waals surface area contributed by atoms with Gasteiger partial charge in [0.2, 0.25) is 0 Å². The van der Waals surface area contributed by atoms with Crippen molar-refractivity contribution in [2.45, 2.75) is 26.7 Å². The van der Waals surface area contributed by atoms with Crippen LogP contribution in [0, 0.1) is 0 Å². The summed E-state index contributed by atoms with van der Waals surface area (Å²) in [6.45, 7) is 4.33. The fraction of sp³-hybridized carbons (Fsp3) is 0.364. The third-order valence-corrected chi connectivity index (χ3v) is 2.41. The maximum atomic E-state index is 5.25. The van der Waals surface area contributed by atoms with E-state index in [0.29, 0.717) is 0 Å². The summed E-state index contributed by atoms with van der Waals surface area (Å²) in [5, 5.41) is 0. The molecule has 0 spiro atoms. The standard InChI is InChI=1S/C11H13NO/c1-3-8-5-10-11(13-7-12-10)6-9(8)4-2/h5-7H,3-4H2,1-2H3. The van der Waals surface area contributed by atoms with Gasteiger partial charge in [-0.15, -0.1) is 0 Å². The van der Waals surface area contributed by atoms with Crippen molar-refractivity contribution in [1.82, 2.24) is 4.98 Å². The van der Waals surface area contributed by atoms with Crippen LogP contribution in [0.15, 0.2) is 22.9 Å². The number of benzene rings is 1. The molecule has 1 heterocycles. The molecule has 2 aromatic rings. The molecule has 13 heavy (non-hydrogen) atoms. The minimum absolute atomic E-state index is 0.897. The molecule has 2 rings (SSSR count). The average Bonchev–Trinajstić information content (AvgIpc) is 2.62. The summed E-state index contributed by atoms with van der Waals surface area (Å²) in [6.07, 6.45) is 3.62. The van der Waals surface area contributed by atoms with Crippen LogP contribution in [-0.2, 0) is 12.8 Å². The third kappa shape index (κ3) is 1.32. The van der Waals surface area contributed by atoms with Gasteiger partial charge in [-0.25, -0.2) is 4.98 Å². The smallest absolute Gasteiger partial charge is 0.181 e. The van der Waals surface area contributed by atoms with Crippen LogP contribution in [0.4, 0.5) is 0 Å². The molecule has 1 aromatic heterocycles. The molecule has 0 aliphatic rings. The van der Waals surface area contributed by atoms with E-state index in [9.17, 15) is 0 Å². The van der Waals surface area contributed by atoms with Crippen molar-refractivity contribution in [2.24, 2.45) is 0 Å².